The number of alkyl halides is 3. The molecule has 1 aliphatic heterocycles. The van der Waals surface area contributed by atoms with E-state index in [0.29, 0.717) is 31.1 Å². The summed E-state index contributed by atoms with van der Waals surface area (Å²) in [5, 5.41) is 4.45. The molecule has 1 aliphatic carbocycles. The van der Waals surface area contributed by atoms with Crippen molar-refractivity contribution in [2.45, 2.75) is 44.2 Å². The van der Waals surface area contributed by atoms with E-state index in [2.05, 4.69) is 20.1 Å². The van der Waals surface area contributed by atoms with Gasteiger partial charge in [0.1, 0.15) is 11.9 Å². The molecule has 35 heavy (non-hydrogen) atoms. The highest BCUT2D eigenvalue weighted by Gasteiger charge is 2.33. The molecule has 0 N–H and O–H groups in total. The molecule has 2 fully saturated rings. The van der Waals surface area contributed by atoms with Crippen molar-refractivity contribution in [2.75, 3.05) is 18.0 Å². The molecular formula is C23H21F4N7O. The van der Waals surface area contributed by atoms with Gasteiger partial charge in [0.25, 0.3) is 0 Å². The lowest BCUT2D eigenvalue weighted by atomic mass is 10.1. The minimum Gasteiger partial charge on any atom is -0.367 e. The quantitative estimate of drug-likeness (QED) is 0.396. The van der Waals surface area contributed by atoms with Crippen molar-refractivity contribution in [3.8, 4) is 11.4 Å². The van der Waals surface area contributed by atoms with Gasteiger partial charge in [-0.15, -0.1) is 0 Å². The van der Waals surface area contributed by atoms with E-state index in [1.54, 1.807) is 12.4 Å². The summed E-state index contributed by atoms with van der Waals surface area (Å²) in [4.78, 5) is 15.2. The Labute approximate surface area is 197 Å². The van der Waals surface area contributed by atoms with E-state index in [9.17, 15) is 17.6 Å². The maximum atomic E-state index is 14.9. The summed E-state index contributed by atoms with van der Waals surface area (Å²) < 4.78 is 63.5. The SMILES string of the molecule is C[C@@H]1CN(c2nc(-c3ccc(C(F)(F)F)cc3F)n3ccnc3n2)C[C@@H](c2cnn(C3CC3)c2)O1. The third kappa shape index (κ3) is 4.11. The molecule has 2 aliphatic rings. The van der Waals surface area contributed by atoms with Gasteiger partial charge in [-0.05, 0) is 38.0 Å². The highest BCUT2D eigenvalue weighted by Crippen LogP contribution is 2.36. The average Bonchev–Trinajstić information content (AvgIpc) is 3.35. The van der Waals surface area contributed by atoms with Crippen molar-refractivity contribution in [2.24, 2.45) is 0 Å². The summed E-state index contributed by atoms with van der Waals surface area (Å²) in [6.45, 7) is 2.86. The highest BCUT2D eigenvalue weighted by molar-refractivity contribution is 5.62. The second kappa shape index (κ2) is 8.01. The molecule has 0 amide bonds. The molecular weight excluding hydrogens is 466 g/mol. The maximum absolute atomic E-state index is 14.9. The summed E-state index contributed by atoms with van der Waals surface area (Å²) >= 11 is 0. The summed E-state index contributed by atoms with van der Waals surface area (Å²) in [5.74, 6) is -0.347. The van der Waals surface area contributed by atoms with Crippen LogP contribution in [0.1, 0.15) is 43.0 Å². The van der Waals surface area contributed by atoms with Gasteiger partial charge in [0.05, 0.1) is 36.0 Å². The van der Waals surface area contributed by atoms with Crippen LogP contribution in [0.4, 0.5) is 23.5 Å². The van der Waals surface area contributed by atoms with Crippen molar-refractivity contribution >= 4 is 11.7 Å². The van der Waals surface area contributed by atoms with Crippen LogP contribution in [0.2, 0.25) is 0 Å². The lowest BCUT2D eigenvalue weighted by molar-refractivity contribution is -0.137. The minimum atomic E-state index is -4.65. The molecule has 0 spiro atoms. The molecule has 2 atom stereocenters. The number of nitrogens with zero attached hydrogens (tertiary/aromatic N) is 7. The smallest absolute Gasteiger partial charge is 0.367 e. The number of ether oxygens (including phenoxy) is 1. The number of anilines is 1. The number of aromatic nitrogens is 6. The Kier molecular flexibility index (Phi) is 5.02. The monoisotopic (exact) mass is 487 g/mol. The van der Waals surface area contributed by atoms with E-state index in [4.69, 9.17) is 4.74 Å². The standard InChI is InChI=1S/C23H21F4N7O/c1-13-10-32(12-19(35-13)14-9-29-34(11-14)16-3-4-16)22-30-20(33-7-6-28-21(33)31-22)17-5-2-15(8-18(17)24)23(25,26)27/h2,5-9,11,13,16,19H,3-4,10,12H2,1H3/t13-,19+/m1/s1. The van der Waals surface area contributed by atoms with Crippen molar-refractivity contribution in [3.05, 3.63) is 59.9 Å². The van der Waals surface area contributed by atoms with Crippen molar-refractivity contribution in [1.82, 2.24) is 29.1 Å². The topological polar surface area (TPSA) is 73.4 Å². The number of rotatable bonds is 4. The molecule has 12 heteroatoms. The zero-order chi connectivity index (χ0) is 24.3. The molecule has 0 bridgehead atoms. The highest BCUT2D eigenvalue weighted by atomic mass is 19.4. The molecule has 3 aromatic heterocycles. The van der Waals surface area contributed by atoms with E-state index >= 15 is 0 Å². The molecule has 4 aromatic rings. The van der Waals surface area contributed by atoms with Gasteiger partial charge < -0.3 is 9.64 Å². The Balaban J connectivity index is 1.36. The first-order chi connectivity index (χ1) is 16.8. The molecule has 1 saturated carbocycles. The van der Waals surface area contributed by atoms with Crippen LogP contribution in [0.25, 0.3) is 17.2 Å². The van der Waals surface area contributed by atoms with E-state index < -0.39 is 17.6 Å². The van der Waals surface area contributed by atoms with Crippen LogP contribution >= 0.6 is 0 Å². The second-order valence-corrected chi connectivity index (χ2v) is 8.96. The van der Waals surface area contributed by atoms with Gasteiger partial charge in [0.15, 0.2) is 5.82 Å². The fraction of sp³-hybridized carbons (Fsp3) is 0.391. The second-order valence-electron chi connectivity index (χ2n) is 8.96. The Hall–Kier alpha value is -3.54. The van der Waals surface area contributed by atoms with Gasteiger partial charge >= 0.3 is 6.18 Å². The lowest BCUT2D eigenvalue weighted by Crippen LogP contribution is -2.43. The van der Waals surface area contributed by atoms with Crippen LogP contribution in [0, 0.1) is 5.82 Å². The average molecular weight is 487 g/mol. The normalized spacial score (nSPS) is 21.1. The van der Waals surface area contributed by atoms with Crippen molar-refractivity contribution < 1.29 is 22.3 Å². The zero-order valence-corrected chi connectivity index (χ0v) is 18.7. The van der Waals surface area contributed by atoms with E-state index in [1.807, 2.05) is 22.7 Å². The van der Waals surface area contributed by atoms with E-state index in [0.717, 1.165) is 30.5 Å². The number of hydrogen-bond acceptors (Lipinski definition) is 6. The summed E-state index contributed by atoms with van der Waals surface area (Å²) in [6.07, 6.45) is 4.01. The summed E-state index contributed by atoms with van der Waals surface area (Å²) in [5.41, 5.74) is -0.191. The van der Waals surface area contributed by atoms with E-state index in [-0.39, 0.29) is 29.4 Å². The fourth-order valence-corrected chi connectivity index (χ4v) is 4.37. The van der Waals surface area contributed by atoms with Gasteiger partial charge in [-0.3, -0.25) is 9.08 Å². The number of imidazole rings is 1. The van der Waals surface area contributed by atoms with Gasteiger partial charge in [0.2, 0.25) is 11.7 Å². The molecule has 6 rings (SSSR count). The molecule has 4 heterocycles. The molecule has 182 valence electrons. The first-order valence-electron chi connectivity index (χ1n) is 11.3. The van der Waals surface area contributed by atoms with Crippen LogP contribution in [0.15, 0.2) is 43.0 Å². The number of fused-ring (bicyclic) bond motifs is 1. The Bertz CT molecular complexity index is 1390. The van der Waals surface area contributed by atoms with Gasteiger partial charge in [0, 0.05) is 30.7 Å². The van der Waals surface area contributed by atoms with Gasteiger partial charge in [-0.25, -0.2) is 9.37 Å². The lowest BCUT2D eigenvalue weighted by Gasteiger charge is -2.36. The van der Waals surface area contributed by atoms with Crippen LogP contribution < -0.4 is 4.90 Å². The largest absolute Gasteiger partial charge is 0.416 e. The molecule has 0 radical (unpaired) electrons. The van der Waals surface area contributed by atoms with Gasteiger partial charge in [-0.2, -0.15) is 28.2 Å². The Morgan fingerprint density at radius 1 is 1.11 bits per heavy atom. The third-order valence-corrected chi connectivity index (χ3v) is 6.25. The molecule has 1 aromatic carbocycles. The summed E-state index contributed by atoms with van der Waals surface area (Å²) in [6, 6.07) is 2.85. The first kappa shape index (κ1) is 22.0. The third-order valence-electron chi connectivity index (χ3n) is 6.25. The minimum absolute atomic E-state index is 0.0757. The number of halogens is 4. The van der Waals surface area contributed by atoms with Crippen LogP contribution in [-0.2, 0) is 10.9 Å². The first-order valence-corrected chi connectivity index (χ1v) is 11.3. The predicted octanol–water partition coefficient (Wildman–Crippen LogP) is 4.45. The van der Waals surface area contributed by atoms with Crippen LogP contribution in [0.3, 0.4) is 0 Å². The number of hydrogen-bond donors (Lipinski definition) is 0. The molecule has 8 nitrogen and oxygen atoms in total. The maximum Gasteiger partial charge on any atom is 0.416 e. The van der Waals surface area contributed by atoms with E-state index in [1.165, 1.54) is 10.6 Å². The van der Waals surface area contributed by atoms with Crippen molar-refractivity contribution in [3.63, 3.8) is 0 Å². The predicted molar refractivity (Wildman–Crippen MR) is 117 cm³/mol. The Morgan fingerprint density at radius 3 is 2.69 bits per heavy atom. The fourth-order valence-electron chi connectivity index (χ4n) is 4.37. The zero-order valence-electron chi connectivity index (χ0n) is 18.7. The molecule has 0 unspecified atom stereocenters. The summed E-state index contributed by atoms with van der Waals surface area (Å²) in [7, 11) is 0. The van der Waals surface area contributed by atoms with Gasteiger partial charge in [-0.1, -0.05) is 0 Å². The number of morpholine rings is 1. The van der Waals surface area contributed by atoms with Crippen LogP contribution in [0.5, 0.6) is 0 Å². The Morgan fingerprint density at radius 2 is 1.94 bits per heavy atom. The van der Waals surface area contributed by atoms with Crippen molar-refractivity contribution in [1.29, 1.82) is 0 Å². The molecule has 1 saturated heterocycles. The van der Waals surface area contributed by atoms with Crippen LogP contribution in [-0.4, -0.2) is 48.3 Å². The number of benzene rings is 1.